The zero-order valence-corrected chi connectivity index (χ0v) is 11.8. The number of imidazole rings is 1. The molecular formula is C14H10N2O5S. The van der Waals surface area contributed by atoms with E-state index in [1.54, 1.807) is 30.3 Å². The van der Waals surface area contributed by atoms with Gasteiger partial charge in [-0.15, -0.1) is 0 Å². The maximum Gasteiger partial charge on any atom is 0.371 e. The highest BCUT2D eigenvalue weighted by Crippen LogP contribution is 2.33. The maximum atomic E-state index is 11.6. The number of nitrogens with zero attached hydrogens (tertiary/aromatic N) is 1. The molecule has 0 bridgehead atoms. The van der Waals surface area contributed by atoms with E-state index < -0.39 is 16.1 Å². The number of rotatable bonds is 3. The Balaban J connectivity index is 2.45. The van der Waals surface area contributed by atoms with Crippen LogP contribution < -0.4 is 0 Å². The number of nitrogens with one attached hydrogen (secondary N) is 1. The van der Waals surface area contributed by atoms with E-state index in [0.29, 0.717) is 11.1 Å². The van der Waals surface area contributed by atoms with Crippen molar-refractivity contribution in [2.45, 2.75) is 4.90 Å². The largest absolute Gasteiger partial charge is 0.475 e. The summed E-state index contributed by atoms with van der Waals surface area (Å²) in [5.74, 6) is -1.57. The van der Waals surface area contributed by atoms with Crippen LogP contribution in [0.3, 0.4) is 0 Å². The van der Waals surface area contributed by atoms with Crippen LogP contribution in [0.25, 0.3) is 22.2 Å². The number of hydrogen-bond acceptors (Lipinski definition) is 4. The van der Waals surface area contributed by atoms with Gasteiger partial charge in [-0.25, -0.2) is 9.78 Å². The molecule has 0 spiro atoms. The summed E-state index contributed by atoms with van der Waals surface area (Å²) >= 11 is 0. The Labute approximate surface area is 125 Å². The van der Waals surface area contributed by atoms with E-state index in [4.69, 9.17) is 5.11 Å². The van der Waals surface area contributed by atoms with Crippen molar-refractivity contribution < 1.29 is 22.9 Å². The Bertz CT molecular complexity index is 977. The van der Waals surface area contributed by atoms with Crippen molar-refractivity contribution in [3.8, 4) is 11.1 Å². The molecule has 3 rings (SSSR count). The molecule has 0 saturated carbocycles. The molecule has 0 saturated heterocycles. The zero-order chi connectivity index (χ0) is 15.9. The van der Waals surface area contributed by atoms with E-state index in [9.17, 15) is 17.8 Å². The Kier molecular flexibility index (Phi) is 3.19. The summed E-state index contributed by atoms with van der Waals surface area (Å²) in [6, 6.07) is 11.0. The van der Waals surface area contributed by atoms with Crippen LogP contribution in [0.4, 0.5) is 0 Å². The van der Waals surface area contributed by atoms with E-state index in [2.05, 4.69) is 9.97 Å². The van der Waals surface area contributed by atoms with Gasteiger partial charge in [0.1, 0.15) is 4.90 Å². The van der Waals surface area contributed by atoms with Crippen LogP contribution in [0, 0.1) is 0 Å². The topological polar surface area (TPSA) is 120 Å². The lowest BCUT2D eigenvalue weighted by molar-refractivity contribution is 0.0685. The van der Waals surface area contributed by atoms with Gasteiger partial charge >= 0.3 is 5.97 Å². The monoisotopic (exact) mass is 318 g/mol. The minimum absolute atomic E-state index is 0.157. The average Bonchev–Trinajstić information content (AvgIpc) is 2.90. The number of carbonyl (C=O) groups is 1. The standard InChI is InChI=1S/C14H10N2O5S/c17-14(18)13-15-9-6-7-10(22(19,20)21)11(12(9)16-13)8-4-2-1-3-5-8/h1-7H,(H,15,16)(H,17,18)(H,19,20,21). The van der Waals surface area contributed by atoms with E-state index >= 15 is 0 Å². The molecule has 0 amide bonds. The SMILES string of the molecule is O=C(O)c1nc2c(-c3ccccc3)c(S(=O)(=O)O)ccc2[nH]1. The summed E-state index contributed by atoms with van der Waals surface area (Å²) in [4.78, 5) is 17.2. The van der Waals surface area contributed by atoms with Crippen LogP contribution in [-0.4, -0.2) is 34.0 Å². The molecule has 0 atom stereocenters. The van der Waals surface area contributed by atoms with Gasteiger partial charge in [0.05, 0.1) is 11.0 Å². The fourth-order valence-electron chi connectivity index (χ4n) is 2.26. The van der Waals surface area contributed by atoms with E-state index in [0.717, 1.165) is 0 Å². The second kappa shape index (κ2) is 4.93. The van der Waals surface area contributed by atoms with Gasteiger partial charge in [-0.05, 0) is 17.7 Å². The number of carboxylic acid groups (broad SMARTS) is 1. The number of aromatic amines is 1. The number of benzene rings is 2. The van der Waals surface area contributed by atoms with Crippen molar-refractivity contribution in [1.82, 2.24) is 9.97 Å². The van der Waals surface area contributed by atoms with Crippen LogP contribution in [0.2, 0.25) is 0 Å². The molecule has 1 aromatic heterocycles. The van der Waals surface area contributed by atoms with Gasteiger partial charge in [0, 0.05) is 5.56 Å². The third kappa shape index (κ3) is 2.34. The third-order valence-electron chi connectivity index (χ3n) is 3.16. The molecule has 8 heteroatoms. The maximum absolute atomic E-state index is 11.6. The number of fused-ring (bicyclic) bond motifs is 1. The molecule has 0 fully saturated rings. The van der Waals surface area contributed by atoms with Crippen molar-refractivity contribution in [2.24, 2.45) is 0 Å². The fourth-order valence-corrected chi connectivity index (χ4v) is 2.97. The van der Waals surface area contributed by atoms with Gasteiger partial charge in [-0.1, -0.05) is 30.3 Å². The number of aromatic carboxylic acids is 1. The predicted molar refractivity (Wildman–Crippen MR) is 78.3 cm³/mol. The first-order valence-corrected chi connectivity index (χ1v) is 7.61. The molecule has 22 heavy (non-hydrogen) atoms. The van der Waals surface area contributed by atoms with Crippen LogP contribution >= 0.6 is 0 Å². The average molecular weight is 318 g/mol. The Hall–Kier alpha value is -2.71. The van der Waals surface area contributed by atoms with Crippen molar-refractivity contribution in [2.75, 3.05) is 0 Å². The smallest absolute Gasteiger partial charge is 0.371 e. The van der Waals surface area contributed by atoms with Gasteiger partial charge in [0.25, 0.3) is 10.1 Å². The van der Waals surface area contributed by atoms with Crippen LogP contribution in [-0.2, 0) is 10.1 Å². The minimum Gasteiger partial charge on any atom is -0.475 e. The van der Waals surface area contributed by atoms with Gasteiger partial charge in [-0.2, -0.15) is 8.42 Å². The quantitative estimate of drug-likeness (QED) is 0.636. The third-order valence-corrected chi connectivity index (χ3v) is 4.06. The first kappa shape index (κ1) is 14.2. The van der Waals surface area contributed by atoms with E-state index in [-0.39, 0.29) is 21.8 Å². The molecule has 0 radical (unpaired) electrons. The highest BCUT2D eigenvalue weighted by Gasteiger charge is 2.22. The number of hydrogen-bond donors (Lipinski definition) is 3. The molecule has 0 aliphatic carbocycles. The van der Waals surface area contributed by atoms with Gasteiger partial charge < -0.3 is 10.1 Å². The second-order valence-electron chi connectivity index (χ2n) is 4.57. The zero-order valence-electron chi connectivity index (χ0n) is 11.0. The lowest BCUT2D eigenvalue weighted by Gasteiger charge is -2.08. The van der Waals surface area contributed by atoms with E-state index in [1.807, 2.05) is 0 Å². The molecule has 3 aromatic rings. The van der Waals surface area contributed by atoms with Crippen LogP contribution in [0.1, 0.15) is 10.6 Å². The van der Waals surface area contributed by atoms with Crippen molar-refractivity contribution in [1.29, 1.82) is 0 Å². The summed E-state index contributed by atoms with van der Waals surface area (Å²) < 4.78 is 32.6. The molecule has 1 heterocycles. The number of aromatic nitrogens is 2. The molecule has 0 aliphatic heterocycles. The van der Waals surface area contributed by atoms with Crippen LogP contribution in [0.15, 0.2) is 47.4 Å². The Morgan fingerprint density at radius 3 is 2.36 bits per heavy atom. The Morgan fingerprint density at radius 1 is 1.09 bits per heavy atom. The van der Waals surface area contributed by atoms with Gasteiger partial charge in [-0.3, -0.25) is 4.55 Å². The normalized spacial score (nSPS) is 11.7. The minimum atomic E-state index is -4.49. The second-order valence-corrected chi connectivity index (χ2v) is 5.96. The van der Waals surface area contributed by atoms with Gasteiger partial charge in [0.2, 0.25) is 5.82 Å². The first-order chi connectivity index (χ1) is 10.4. The van der Waals surface area contributed by atoms with Crippen molar-refractivity contribution in [3.05, 3.63) is 48.3 Å². The Morgan fingerprint density at radius 2 is 1.77 bits per heavy atom. The van der Waals surface area contributed by atoms with Crippen LogP contribution in [0.5, 0.6) is 0 Å². The molecule has 3 N–H and O–H groups in total. The predicted octanol–water partition coefficient (Wildman–Crippen LogP) is 2.17. The highest BCUT2D eigenvalue weighted by atomic mass is 32.2. The number of H-pyrrole nitrogens is 1. The summed E-state index contributed by atoms with van der Waals surface area (Å²) in [5.41, 5.74) is 1.19. The number of carboxylic acids is 1. The first-order valence-electron chi connectivity index (χ1n) is 6.17. The van der Waals surface area contributed by atoms with Crippen molar-refractivity contribution >= 4 is 27.1 Å². The lowest BCUT2D eigenvalue weighted by atomic mass is 10.0. The van der Waals surface area contributed by atoms with E-state index in [1.165, 1.54) is 12.1 Å². The van der Waals surface area contributed by atoms with Gasteiger partial charge in [0.15, 0.2) is 0 Å². The molecule has 0 unspecified atom stereocenters. The molecule has 0 aliphatic rings. The molecule has 112 valence electrons. The molecular weight excluding hydrogens is 308 g/mol. The lowest BCUT2D eigenvalue weighted by Crippen LogP contribution is -2.01. The highest BCUT2D eigenvalue weighted by molar-refractivity contribution is 7.86. The summed E-state index contributed by atoms with van der Waals surface area (Å²) in [5, 5.41) is 9.02. The molecule has 2 aromatic carbocycles. The summed E-state index contributed by atoms with van der Waals surface area (Å²) in [7, 11) is -4.49. The summed E-state index contributed by atoms with van der Waals surface area (Å²) in [6.45, 7) is 0. The fraction of sp³-hybridized carbons (Fsp3) is 0. The molecule has 7 nitrogen and oxygen atoms in total. The van der Waals surface area contributed by atoms with Crippen molar-refractivity contribution in [3.63, 3.8) is 0 Å². The summed E-state index contributed by atoms with van der Waals surface area (Å²) in [6.07, 6.45) is 0.